The quantitative estimate of drug-likeness (QED) is 0.280. The number of hydrogen-bond donors (Lipinski definition) is 0. The summed E-state index contributed by atoms with van der Waals surface area (Å²) in [5.74, 6) is -0.521. The van der Waals surface area contributed by atoms with Gasteiger partial charge >= 0.3 is 6.18 Å². The van der Waals surface area contributed by atoms with Crippen LogP contribution in [0.1, 0.15) is 28.8 Å². The van der Waals surface area contributed by atoms with Crippen molar-refractivity contribution in [2.24, 2.45) is 0 Å². The van der Waals surface area contributed by atoms with Gasteiger partial charge in [0.25, 0.3) is 11.1 Å². The SMILES string of the molecule is Cc1nn(Cc2ccc(Cl)cc2C(F)(F)F)c2ccc(/C=C3\SC(=O)N([C@H]4CCN(C)C[C@@H]4F)C3=O)cc12. The first-order valence-electron chi connectivity index (χ1n) is 11.8. The lowest BCUT2D eigenvalue weighted by molar-refractivity contribution is -0.138. The van der Waals surface area contributed by atoms with Crippen LogP contribution in [0.5, 0.6) is 0 Å². The number of carbonyl (C=O) groups is 2. The fourth-order valence-electron chi connectivity index (χ4n) is 4.93. The number of nitrogens with zero attached hydrogens (tertiary/aromatic N) is 4. The van der Waals surface area contributed by atoms with Gasteiger partial charge in [-0.15, -0.1) is 0 Å². The molecule has 2 amide bonds. The first-order chi connectivity index (χ1) is 17.9. The van der Waals surface area contributed by atoms with Crippen LogP contribution in [-0.2, 0) is 17.5 Å². The van der Waals surface area contributed by atoms with Crippen molar-refractivity contribution in [1.82, 2.24) is 19.6 Å². The summed E-state index contributed by atoms with van der Waals surface area (Å²) in [5, 5.41) is 4.63. The minimum Gasteiger partial charge on any atom is -0.303 e. The van der Waals surface area contributed by atoms with Crippen LogP contribution >= 0.6 is 23.4 Å². The maximum absolute atomic E-state index is 14.6. The Morgan fingerprint density at radius 2 is 1.95 bits per heavy atom. The standard InChI is InChI=1S/C26H23ClF4N4O2S/c1-14-18-9-15(10-23-24(36)35(25(37)38-23)22-7-8-33(2)13-20(22)28)3-6-21(18)34(32-14)12-16-4-5-17(27)11-19(16)26(29,30)31/h3-6,9-11,20,22H,7-8,12-13H2,1-2H3/b23-10-/t20-,22-/m0/s1. The molecule has 6 nitrogen and oxygen atoms in total. The van der Waals surface area contributed by atoms with Crippen LogP contribution in [0.2, 0.25) is 5.02 Å². The molecular formula is C26H23ClF4N4O2S. The van der Waals surface area contributed by atoms with Crippen molar-refractivity contribution in [2.75, 3.05) is 20.1 Å². The first kappa shape index (κ1) is 26.7. The lowest BCUT2D eigenvalue weighted by atomic mass is 10.0. The van der Waals surface area contributed by atoms with Gasteiger partial charge in [0, 0.05) is 23.5 Å². The predicted molar refractivity (Wildman–Crippen MR) is 139 cm³/mol. The fraction of sp³-hybridized carbons (Fsp3) is 0.346. The van der Waals surface area contributed by atoms with E-state index in [1.54, 1.807) is 38.2 Å². The van der Waals surface area contributed by atoms with Gasteiger partial charge in [0.1, 0.15) is 6.17 Å². The summed E-state index contributed by atoms with van der Waals surface area (Å²) < 4.78 is 56.8. The van der Waals surface area contributed by atoms with Crippen molar-refractivity contribution < 1.29 is 27.2 Å². The Bertz CT molecular complexity index is 1470. The number of fused-ring (bicyclic) bond motifs is 1. The number of amides is 2. The van der Waals surface area contributed by atoms with E-state index < -0.39 is 35.1 Å². The molecule has 0 N–H and O–H groups in total. The summed E-state index contributed by atoms with van der Waals surface area (Å²) in [6.45, 7) is 2.37. The number of likely N-dealkylation sites (tertiary alicyclic amines) is 1. The summed E-state index contributed by atoms with van der Waals surface area (Å²) >= 11 is 6.57. The highest BCUT2D eigenvalue weighted by molar-refractivity contribution is 8.18. The molecule has 200 valence electrons. The van der Waals surface area contributed by atoms with Crippen LogP contribution in [0, 0.1) is 6.92 Å². The van der Waals surface area contributed by atoms with E-state index in [-0.39, 0.29) is 28.6 Å². The third-order valence-corrected chi connectivity index (χ3v) is 7.94. The third kappa shape index (κ3) is 5.06. The summed E-state index contributed by atoms with van der Waals surface area (Å²) in [7, 11) is 1.79. The van der Waals surface area contributed by atoms with Gasteiger partial charge in [-0.1, -0.05) is 23.7 Å². The Hall–Kier alpha value is -2.89. The Balaban J connectivity index is 1.42. The molecule has 0 saturated carbocycles. The second-order valence-electron chi connectivity index (χ2n) is 9.50. The van der Waals surface area contributed by atoms with Gasteiger partial charge in [-0.25, -0.2) is 4.39 Å². The molecule has 0 bridgehead atoms. The molecule has 3 aromatic rings. The second kappa shape index (κ2) is 10.0. The number of piperidine rings is 1. The molecule has 2 aliphatic heterocycles. The number of aryl methyl sites for hydroxylation is 1. The van der Waals surface area contributed by atoms with E-state index in [4.69, 9.17) is 11.6 Å². The monoisotopic (exact) mass is 566 g/mol. The molecule has 2 fully saturated rings. The number of benzene rings is 2. The average molecular weight is 567 g/mol. The Morgan fingerprint density at radius 3 is 2.66 bits per heavy atom. The van der Waals surface area contributed by atoms with Gasteiger partial charge in [-0.3, -0.25) is 19.2 Å². The van der Waals surface area contributed by atoms with Crippen LogP contribution in [0.3, 0.4) is 0 Å². The number of halogens is 5. The number of thioether (sulfide) groups is 1. The Kier molecular flexibility index (Phi) is 7.04. The number of hydrogen-bond acceptors (Lipinski definition) is 5. The number of alkyl halides is 4. The molecule has 2 atom stereocenters. The van der Waals surface area contributed by atoms with Gasteiger partial charge in [-0.2, -0.15) is 18.3 Å². The van der Waals surface area contributed by atoms with Crippen LogP contribution in [0.4, 0.5) is 22.4 Å². The van der Waals surface area contributed by atoms with Gasteiger partial charge in [0.2, 0.25) is 0 Å². The summed E-state index contributed by atoms with van der Waals surface area (Å²) in [4.78, 5) is 28.7. The van der Waals surface area contributed by atoms with Crippen molar-refractivity contribution in [2.45, 2.75) is 38.3 Å². The van der Waals surface area contributed by atoms with Crippen molar-refractivity contribution in [3.63, 3.8) is 0 Å². The van der Waals surface area contributed by atoms with E-state index in [9.17, 15) is 27.2 Å². The summed E-state index contributed by atoms with van der Waals surface area (Å²) in [6, 6.07) is 8.04. The third-order valence-electron chi connectivity index (χ3n) is 6.82. The highest BCUT2D eigenvalue weighted by Gasteiger charge is 2.44. The van der Waals surface area contributed by atoms with E-state index in [2.05, 4.69) is 5.10 Å². The van der Waals surface area contributed by atoms with Gasteiger partial charge < -0.3 is 4.90 Å². The fourth-order valence-corrected chi connectivity index (χ4v) is 5.99. The average Bonchev–Trinajstić information content (AvgIpc) is 3.29. The van der Waals surface area contributed by atoms with E-state index in [0.29, 0.717) is 35.1 Å². The molecule has 3 heterocycles. The molecule has 2 aliphatic rings. The molecule has 38 heavy (non-hydrogen) atoms. The lowest BCUT2D eigenvalue weighted by Crippen LogP contribution is -2.52. The van der Waals surface area contributed by atoms with Crippen LogP contribution in [-0.4, -0.2) is 63.1 Å². The van der Waals surface area contributed by atoms with Crippen molar-refractivity contribution in [3.05, 3.63) is 68.7 Å². The molecule has 0 unspecified atom stereocenters. The topological polar surface area (TPSA) is 58.4 Å². The molecule has 1 aromatic heterocycles. The largest absolute Gasteiger partial charge is 0.416 e. The maximum Gasteiger partial charge on any atom is 0.416 e. The molecule has 5 rings (SSSR count). The van der Waals surface area contributed by atoms with Crippen LogP contribution in [0.15, 0.2) is 41.3 Å². The van der Waals surface area contributed by atoms with Gasteiger partial charge in [-0.05, 0) is 73.6 Å². The molecule has 2 saturated heterocycles. The molecule has 2 aromatic carbocycles. The van der Waals surface area contributed by atoms with E-state index in [1.165, 1.54) is 16.8 Å². The van der Waals surface area contributed by atoms with Crippen LogP contribution in [0.25, 0.3) is 17.0 Å². The highest BCUT2D eigenvalue weighted by atomic mass is 35.5. The first-order valence-corrected chi connectivity index (χ1v) is 13.0. The zero-order valence-electron chi connectivity index (χ0n) is 20.4. The highest BCUT2D eigenvalue weighted by Crippen LogP contribution is 2.37. The number of aromatic nitrogens is 2. The van der Waals surface area contributed by atoms with Gasteiger partial charge in [0.15, 0.2) is 0 Å². The minimum absolute atomic E-state index is 0.00510. The lowest BCUT2D eigenvalue weighted by Gasteiger charge is -2.36. The molecule has 0 aliphatic carbocycles. The number of carbonyl (C=O) groups excluding carboxylic acids is 2. The maximum atomic E-state index is 14.6. The molecule has 12 heteroatoms. The van der Waals surface area contributed by atoms with E-state index >= 15 is 0 Å². The Morgan fingerprint density at radius 1 is 1.18 bits per heavy atom. The van der Waals surface area contributed by atoms with Crippen molar-refractivity contribution in [3.8, 4) is 0 Å². The van der Waals surface area contributed by atoms with Crippen molar-refractivity contribution >= 4 is 51.5 Å². The van der Waals surface area contributed by atoms with E-state index in [0.717, 1.165) is 22.7 Å². The molecular weight excluding hydrogens is 544 g/mol. The summed E-state index contributed by atoms with van der Waals surface area (Å²) in [5.41, 5.74) is 1.04. The smallest absolute Gasteiger partial charge is 0.303 e. The van der Waals surface area contributed by atoms with E-state index in [1.807, 2.05) is 4.90 Å². The Labute approximate surface area is 225 Å². The molecule has 0 radical (unpaired) electrons. The number of rotatable bonds is 4. The van der Waals surface area contributed by atoms with Gasteiger partial charge in [0.05, 0.1) is 34.3 Å². The zero-order valence-corrected chi connectivity index (χ0v) is 22.0. The minimum atomic E-state index is -4.57. The normalized spacial score (nSPS) is 22.3. The number of imide groups is 1. The zero-order chi connectivity index (χ0) is 27.4. The van der Waals surface area contributed by atoms with Crippen molar-refractivity contribution in [1.29, 1.82) is 0 Å². The second-order valence-corrected chi connectivity index (χ2v) is 10.9. The van der Waals surface area contributed by atoms with Crippen LogP contribution < -0.4 is 0 Å². The predicted octanol–water partition coefficient (Wildman–Crippen LogP) is 6.14. The summed E-state index contributed by atoms with van der Waals surface area (Å²) in [6.07, 6.45) is -3.93. The molecule has 0 spiro atoms.